The molecule has 0 aliphatic heterocycles. The van der Waals surface area contributed by atoms with Gasteiger partial charge in [-0.15, -0.1) is 0 Å². The van der Waals surface area contributed by atoms with E-state index in [-0.39, 0.29) is 12.3 Å². The normalized spacial score (nSPS) is 13.8. The molecule has 90 valence electrons. The van der Waals surface area contributed by atoms with E-state index in [0.717, 1.165) is 0 Å². The summed E-state index contributed by atoms with van der Waals surface area (Å²) < 4.78 is 35.7. The Morgan fingerprint density at radius 3 is 2.44 bits per heavy atom. The number of alkyl halides is 3. The predicted molar refractivity (Wildman–Crippen MR) is 51.9 cm³/mol. The molecule has 0 bridgehead atoms. The molecule has 1 aromatic carbocycles. The minimum atomic E-state index is -4.62. The smallest absolute Gasteiger partial charge is 0.415 e. The van der Waals surface area contributed by atoms with Crippen LogP contribution in [0.4, 0.5) is 13.2 Å². The Kier molecular flexibility index (Phi) is 4.14. The van der Waals surface area contributed by atoms with Crippen molar-refractivity contribution >= 4 is 0 Å². The second kappa shape index (κ2) is 5.18. The van der Waals surface area contributed by atoms with Gasteiger partial charge in [-0.2, -0.15) is 13.2 Å². The molecule has 0 aliphatic rings. The van der Waals surface area contributed by atoms with E-state index in [1.165, 1.54) is 6.07 Å². The lowest BCUT2D eigenvalue weighted by Crippen LogP contribution is -2.38. The highest BCUT2D eigenvalue weighted by molar-refractivity contribution is 5.31. The molecule has 6 heteroatoms. The summed E-state index contributed by atoms with van der Waals surface area (Å²) in [7, 11) is 0. The number of halogens is 3. The quantitative estimate of drug-likeness (QED) is 0.739. The molecule has 0 heterocycles. The van der Waals surface area contributed by atoms with Gasteiger partial charge in [0.2, 0.25) is 0 Å². The van der Waals surface area contributed by atoms with Gasteiger partial charge >= 0.3 is 6.18 Å². The van der Waals surface area contributed by atoms with Crippen molar-refractivity contribution in [2.75, 3.05) is 6.54 Å². The van der Waals surface area contributed by atoms with E-state index in [4.69, 9.17) is 5.11 Å². The van der Waals surface area contributed by atoms with Gasteiger partial charge in [-0.1, -0.05) is 18.2 Å². The molecular weight excluding hydrogens is 223 g/mol. The third-order valence-corrected chi connectivity index (χ3v) is 2.02. The number of rotatable bonds is 4. The Bertz CT molecular complexity index is 341. The summed E-state index contributed by atoms with van der Waals surface area (Å²) in [6.45, 7) is -0.530. The molecule has 16 heavy (non-hydrogen) atoms. The SMILES string of the molecule is Oc1ccccc1CNCC(O)C(F)(F)F. The van der Waals surface area contributed by atoms with Crippen LogP contribution in [0.1, 0.15) is 5.56 Å². The van der Waals surface area contributed by atoms with E-state index >= 15 is 0 Å². The third-order valence-electron chi connectivity index (χ3n) is 2.02. The van der Waals surface area contributed by atoms with Crippen LogP contribution in [-0.4, -0.2) is 29.0 Å². The van der Waals surface area contributed by atoms with Gasteiger partial charge in [0, 0.05) is 18.7 Å². The number of aromatic hydroxyl groups is 1. The molecule has 0 aromatic heterocycles. The molecule has 1 aromatic rings. The van der Waals surface area contributed by atoms with Crippen LogP contribution in [0.25, 0.3) is 0 Å². The van der Waals surface area contributed by atoms with Crippen molar-refractivity contribution < 1.29 is 23.4 Å². The molecule has 0 fully saturated rings. The van der Waals surface area contributed by atoms with Gasteiger partial charge < -0.3 is 15.5 Å². The van der Waals surface area contributed by atoms with Crippen LogP contribution in [0.5, 0.6) is 5.75 Å². The number of para-hydroxylation sites is 1. The van der Waals surface area contributed by atoms with E-state index < -0.39 is 18.8 Å². The molecule has 3 N–H and O–H groups in total. The van der Waals surface area contributed by atoms with Crippen LogP contribution < -0.4 is 5.32 Å². The minimum Gasteiger partial charge on any atom is -0.508 e. The molecule has 1 unspecified atom stereocenters. The van der Waals surface area contributed by atoms with Crippen LogP contribution in [0.2, 0.25) is 0 Å². The van der Waals surface area contributed by atoms with Gasteiger partial charge in [0.05, 0.1) is 0 Å². The van der Waals surface area contributed by atoms with Gasteiger partial charge in [0.15, 0.2) is 6.10 Å². The molecule has 0 aliphatic carbocycles. The second-order valence-corrected chi connectivity index (χ2v) is 3.32. The lowest BCUT2D eigenvalue weighted by molar-refractivity contribution is -0.201. The summed E-state index contributed by atoms with van der Waals surface area (Å²) in [6, 6.07) is 6.31. The van der Waals surface area contributed by atoms with E-state index in [1.807, 2.05) is 0 Å². The number of nitrogens with one attached hydrogen (secondary N) is 1. The first-order valence-corrected chi connectivity index (χ1v) is 4.63. The Labute approximate surface area is 90.5 Å². The largest absolute Gasteiger partial charge is 0.508 e. The summed E-state index contributed by atoms with van der Waals surface area (Å²) in [5.41, 5.74) is 0.483. The molecule has 0 saturated carbocycles. The summed E-state index contributed by atoms with van der Waals surface area (Å²) in [5, 5.41) is 20.4. The average Bonchev–Trinajstić information content (AvgIpc) is 2.19. The van der Waals surface area contributed by atoms with Crippen molar-refractivity contribution in [2.45, 2.75) is 18.8 Å². The standard InChI is InChI=1S/C10H12F3NO2/c11-10(12,13)9(16)6-14-5-7-3-1-2-4-8(7)15/h1-4,9,14-16H,5-6H2. The van der Waals surface area contributed by atoms with Gasteiger partial charge in [0.25, 0.3) is 0 Å². The number of aliphatic hydroxyl groups is 1. The molecular formula is C10H12F3NO2. The van der Waals surface area contributed by atoms with Gasteiger partial charge in [-0.05, 0) is 6.07 Å². The number of phenols is 1. The molecule has 1 rings (SSSR count). The zero-order chi connectivity index (χ0) is 12.2. The summed E-state index contributed by atoms with van der Waals surface area (Å²) in [5.74, 6) is 0.0106. The summed E-state index contributed by atoms with van der Waals surface area (Å²) in [6.07, 6.45) is -7.01. The zero-order valence-corrected chi connectivity index (χ0v) is 8.33. The minimum absolute atomic E-state index is 0.0106. The predicted octanol–water partition coefficient (Wildman–Crippen LogP) is 1.41. The Morgan fingerprint density at radius 2 is 1.88 bits per heavy atom. The first-order chi connectivity index (χ1) is 7.41. The lowest BCUT2D eigenvalue weighted by atomic mass is 10.2. The van der Waals surface area contributed by atoms with Crippen molar-refractivity contribution in [1.29, 1.82) is 0 Å². The maximum Gasteiger partial charge on any atom is 0.415 e. The van der Waals surface area contributed by atoms with Crippen molar-refractivity contribution in [3.05, 3.63) is 29.8 Å². The fourth-order valence-electron chi connectivity index (χ4n) is 1.12. The van der Waals surface area contributed by atoms with E-state index in [0.29, 0.717) is 5.56 Å². The van der Waals surface area contributed by atoms with Gasteiger partial charge in [-0.3, -0.25) is 0 Å². The number of hydrogen-bond donors (Lipinski definition) is 3. The van der Waals surface area contributed by atoms with Crippen LogP contribution in [0, 0.1) is 0 Å². The topological polar surface area (TPSA) is 52.5 Å². The molecule has 0 radical (unpaired) electrons. The van der Waals surface area contributed by atoms with E-state index in [2.05, 4.69) is 5.32 Å². The molecule has 0 saturated heterocycles. The van der Waals surface area contributed by atoms with Crippen LogP contribution in [0.3, 0.4) is 0 Å². The second-order valence-electron chi connectivity index (χ2n) is 3.32. The molecule has 0 amide bonds. The maximum atomic E-state index is 11.9. The zero-order valence-electron chi connectivity index (χ0n) is 8.33. The highest BCUT2D eigenvalue weighted by Crippen LogP contribution is 2.19. The van der Waals surface area contributed by atoms with Gasteiger partial charge in [0.1, 0.15) is 5.75 Å². The van der Waals surface area contributed by atoms with E-state index in [1.54, 1.807) is 18.2 Å². The number of phenolic OH excluding ortho intramolecular Hbond substituents is 1. The first kappa shape index (κ1) is 12.8. The van der Waals surface area contributed by atoms with Gasteiger partial charge in [-0.25, -0.2) is 0 Å². The number of hydrogen-bond acceptors (Lipinski definition) is 3. The Balaban J connectivity index is 2.40. The van der Waals surface area contributed by atoms with Crippen LogP contribution >= 0.6 is 0 Å². The van der Waals surface area contributed by atoms with Crippen molar-refractivity contribution in [3.8, 4) is 5.75 Å². The van der Waals surface area contributed by atoms with Crippen LogP contribution in [0.15, 0.2) is 24.3 Å². The fourth-order valence-corrected chi connectivity index (χ4v) is 1.12. The van der Waals surface area contributed by atoms with Crippen molar-refractivity contribution in [3.63, 3.8) is 0 Å². The van der Waals surface area contributed by atoms with Crippen molar-refractivity contribution in [2.24, 2.45) is 0 Å². The molecule has 0 spiro atoms. The molecule has 3 nitrogen and oxygen atoms in total. The summed E-state index contributed by atoms with van der Waals surface area (Å²) >= 11 is 0. The average molecular weight is 235 g/mol. The highest BCUT2D eigenvalue weighted by Gasteiger charge is 2.37. The monoisotopic (exact) mass is 235 g/mol. The van der Waals surface area contributed by atoms with Crippen LogP contribution in [-0.2, 0) is 6.54 Å². The summed E-state index contributed by atoms with van der Waals surface area (Å²) in [4.78, 5) is 0. The van der Waals surface area contributed by atoms with E-state index in [9.17, 15) is 18.3 Å². The Morgan fingerprint density at radius 1 is 1.25 bits per heavy atom. The molecule has 1 atom stereocenters. The third kappa shape index (κ3) is 3.71. The first-order valence-electron chi connectivity index (χ1n) is 4.63. The maximum absolute atomic E-state index is 11.9. The lowest BCUT2D eigenvalue weighted by Gasteiger charge is -2.15. The Hall–Kier alpha value is -1.27. The van der Waals surface area contributed by atoms with Crippen molar-refractivity contribution in [1.82, 2.24) is 5.32 Å². The highest BCUT2D eigenvalue weighted by atomic mass is 19.4. The fraction of sp³-hybridized carbons (Fsp3) is 0.400. The number of aliphatic hydroxyl groups excluding tert-OH is 1. The number of benzene rings is 1.